The van der Waals surface area contributed by atoms with Gasteiger partial charge in [0.15, 0.2) is 5.75 Å². The second-order valence-electron chi connectivity index (χ2n) is 6.43. The van der Waals surface area contributed by atoms with Gasteiger partial charge in [-0.25, -0.2) is 0 Å². The first kappa shape index (κ1) is 15.6. The van der Waals surface area contributed by atoms with Gasteiger partial charge in [-0.2, -0.15) is 0 Å². The van der Waals surface area contributed by atoms with Crippen molar-refractivity contribution in [3.05, 3.63) is 28.3 Å². The molecule has 0 saturated heterocycles. The largest absolute Gasteiger partial charge is 0.487 e. The van der Waals surface area contributed by atoms with Crippen molar-refractivity contribution >= 4 is 11.4 Å². The maximum atomic E-state index is 11.3. The molecule has 0 aliphatic heterocycles. The first-order chi connectivity index (χ1) is 9.93. The van der Waals surface area contributed by atoms with E-state index in [4.69, 9.17) is 4.74 Å². The molecule has 21 heavy (non-hydrogen) atoms. The van der Waals surface area contributed by atoms with E-state index in [1.807, 2.05) is 6.92 Å². The smallest absolute Gasteiger partial charge is 0.333 e. The summed E-state index contributed by atoms with van der Waals surface area (Å²) in [5.41, 5.74) is 0.997. The lowest BCUT2D eigenvalue weighted by Crippen LogP contribution is -2.30. The molecule has 5 heteroatoms. The molecule has 1 aliphatic rings. The van der Waals surface area contributed by atoms with Crippen molar-refractivity contribution in [2.75, 3.05) is 11.9 Å². The number of nitro benzene ring substituents is 1. The van der Waals surface area contributed by atoms with E-state index in [-0.39, 0.29) is 10.6 Å². The molecule has 0 radical (unpaired) electrons. The third-order valence-electron chi connectivity index (χ3n) is 4.18. The molecular weight excluding hydrogens is 268 g/mol. The van der Waals surface area contributed by atoms with Gasteiger partial charge in [0.25, 0.3) is 0 Å². The van der Waals surface area contributed by atoms with Crippen LogP contribution in [0.15, 0.2) is 18.2 Å². The first-order valence-electron chi connectivity index (χ1n) is 7.59. The van der Waals surface area contributed by atoms with Crippen molar-refractivity contribution in [3.8, 4) is 5.75 Å². The Labute approximate surface area is 125 Å². The van der Waals surface area contributed by atoms with E-state index in [0.717, 1.165) is 25.7 Å². The topological polar surface area (TPSA) is 64.4 Å². The van der Waals surface area contributed by atoms with Crippen LogP contribution in [0.2, 0.25) is 0 Å². The van der Waals surface area contributed by atoms with Gasteiger partial charge in [-0.1, -0.05) is 19.9 Å². The lowest BCUT2D eigenvalue weighted by atomic mass is 9.75. The maximum Gasteiger partial charge on any atom is 0.333 e. The van der Waals surface area contributed by atoms with Crippen molar-refractivity contribution in [1.82, 2.24) is 0 Å². The van der Waals surface area contributed by atoms with Crippen molar-refractivity contribution in [3.63, 3.8) is 0 Å². The van der Waals surface area contributed by atoms with Gasteiger partial charge >= 0.3 is 5.69 Å². The van der Waals surface area contributed by atoms with E-state index < -0.39 is 0 Å². The number of hydrogen-bond acceptors (Lipinski definition) is 4. The van der Waals surface area contributed by atoms with Crippen LogP contribution in [0.1, 0.15) is 46.5 Å². The summed E-state index contributed by atoms with van der Waals surface area (Å²) in [7, 11) is 0. The summed E-state index contributed by atoms with van der Waals surface area (Å²) < 4.78 is 5.38. The maximum absolute atomic E-state index is 11.3. The molecular formula is C16H24N2O3. The molecule has 0 spiro atoms. The zero-order valence-corrected chi connectivity index (χ0v) is 13.0. The van der Waals surface area contributed by atoms with Crippen LogP contribution in [-0.2, 0) is 0 Å². The zero-order valence-electron chi connectivity index (χ0n) is 13.0. The van der Waals surface area contributed by atoms with E-state index in [9.17, 15) is 10.1 Å². The van der Waals surface area contributed by atoms with Gasteiger partial charge in [0.1, 0.15) is 5.69 Å². The molecule has 0 amide bonds. The highest BCUT2D eigenvalue weighted by Crippen LogP contribution is 2.39. The fraction of sp³-hybridized carbons (Fsp3) is 0.625. The third-order valence-corrected chi connectivity index (χ3v) is 4.18. The Balaban J connectivity index is 2.16. The molecule has 1 aromatic carbocycles. The molecule has 0 bridgehead atoms. The van der Waals surface area contributed by atoms with E-state index in [1.54, 1.807) is 18.2 Å². The Hall–Kier alpha value is -1.78. The molecule has 0 aromatic heterocycles. The van der Waals surface area contributed by atoms with Gasteiger partial charge < -0.3 is 10.1 Å². The Bertz CT molecular complexity index is 504. The predicted molar refractivity (Wildman–Crippen MR) is 83.9 cm³/mol. The van der Waals surface area contributed by atoms with Crippen molar-refractivity contribution in [2.24, 2.45) is 5.41 Å². The van der Waals surface area contributed by atoms with Crippen LogP contribution < -0.4 is 10.1 Å². The molecule has 0 heterocycles. The first-order valence-corrected chi connectivity index (χ1v) is 7.59. The lowest BCUT2D eigenvalue weighted by Gasteiger charge is -2.35. The molecule has 1 N–H and O–H groups in total. The molecule has 0 unspecified atom stereocenters. The van der Waals surface area contributed by atoms with E-state index >= 15 is 0 Å². The monoisotopic (exact) mass is 292 g/mol. The average Bonchev–Trinajstić information content (AvgIpc) is 2.41. The second kappa shape index (κ2) is 6.33. The molecule has 2 rings (SSSR count). The number of benzene rings is 1. The Kier molecular flexibility index (Phi) is 4.70. The number of anilines is 1. The van der Waals surface area contributed by atoms with Crippen LogP contribution in [-0.4, -0.2) is 17.6 Å². The summed E-state index contributed by atoms with van der Waals surface area (Å²) >= 11 is 0. The van der Waals surface area contributed by atoms with Gasteiger partial charge in [0, 0.05) is 6.04 Å². The summed E-state index contributed by atoms with van der Waals surface area (Å²) in [6.45, 7) is 6.80. The number of nitro groups is 1. The van der Waals surface area contributed by atoms with Crippen molar-refractivity contribution in [1.29, 1.82) is 0 Å². The zero-order chi connectivity index (χ0) is 15.5. The molecule has 0 atom stereocenters. The van der Waals surface area contributed by atoms with Crippen molar-refractivity contribution in [2.45, 2.75) is 52.5 Å². The Morgan fingerprint density at radius 2 is 2.05 bits per heavy atom. The van der Waals surface area contributed by atoms with Crippen LogP contribution in [0.3, 0.4) is 0 Å². The summed E-state index contributed by atoms with van der Waals surface area (Å²) in [4.78, 5) is 11.0. The van der Waals surface area contributed by atoms with E-state index in [1.165, 1.54) is 0 Å². The van der Waals surface area contributed by atoms with Crippen LogP contribution in [0.25, 0.3) is 0 Å². The molecule has 1 saturated carbocycles. The van der Waals surface area contributed by atoms with Crippen LogP contribution in [0.4, 0.5) is 11.4 Å². The van der Waals surface area contributed by atoms with Crippen LogP contribution in [0, 0.1) is 15.5 Å². The number of hydrogen-bond donors (Lipinski definition) is 1. The van der Waals surface area contributed by atoms with Gasteiger partial charge in [0.05, 0.1) is 11.5 Å². The van der Waals surface area contributed by atoms with Crippen LogP contribution >= 0.6 is 0 Å². The normalized spacial score (nSPS) is 18.2. The fourth-order valence-corrected chi connectivity index (χ4v) is 2.86. The minimum Gasteiger partial charge on any atom is -0.487 e. The number of nitrogens with one attached hydrogen (secondary N) is 1. The van der Waals surface area contributed by atoms with E-state index in [0.29, 0.717) is 29.5 Å². The third kappa shape index (κ3) is 3.86. The highest BCUT2D eigenvalue weighted by molar-refractivity contribution is 5.68. The molecule has 116 valence electrons. The molecule has 1 aromatic rings. The minimum atomic E-state index is -0.361. The predicted octanol–water partition coefficient (Wildman–Crippen LogP) is 4.37. The number of para-hydroxylation sites is 1. The minimum absolute atomic E-state index is 0.0455. The Morgan fingerprint density at radius 3 is 2.62 bits per heavy atom. The van der Waals surface area contributed by atoms with Gasteiger partial charge in [-0.05, 0) is 50.2 Å². The molecule has 1 aliphatic carbocycles. The Morgan fingerprint density at radius 1 is 1.38 bits per heavy atom. The van der Waals surface area contributed by atoms with Gasteiger partial charge in [0.2, 0.25) is 0 Å². The number of nitrogens with zero attached hydrogens (tertiary/aromatic N) is 1. The highest BCUT2D eigenvalue weighted by atomic mass is 16.6. The number of ether oxygens (including phenoxy) is 1. The molecule has 5 nitrogen and oxygen atoms in total. The van der Waals surface area contributed by atoms with Gasteiger partial charge in [-0.15, -0.1) is 0 Å². The summed E-state index contributed by atoms with van der Waals surface area (Å²) in [5.74, 6) is 0.337. The summed E-state index contributed by atoms with van der Waals surface area (Å²) in [6, 6.07) is 5.51. The van der Waals surface area contributed by atoms with Crippen LogP contribution in [0.5, 0.6) is 5.75 Å². The number of rotatable bonds is 5. The summed E-state index contributed by atoms with van der Waals surface area (Å²) in [6.07, 6.45) is 4.37. The summed E-state index contributed by atoms with van der Waals surface area (Å²) in [5, 5.41) is 14.7. The van der Waals surface area contributed by atoms with Gasteiger partial charge in [-0.3, -0.25) is 10.1 Å². The second-order valence-corrected chi connectivity index (χ2v) is 6.43. The fourth-order valence-electron chi connectivity index (χ4n) is 2.86. The average molecular weight is 292 g/mol. The molecule has 1 fully saturated rings. The SMILES string of the molecule is CCOc1cccc(NC2CCC(C)(C)CC2)c1[N+](=O)[O-]. The lowest BCUT2D eigenvalue weighted by molar-refractivity contribution is -0.385. The standard InChI is InChI=1S/C16H24N2O3/c1-4-21-14-7-5-6-13(15(14)18(19)20)17-12-8-10-16(2,3)11-9-12/h5-7,12,17H,4,8-11H2,1-3H3. The highest BCUT2D eigenvalue weighted by Gasteiger charge is 2.29. The van der Waals surface area contributed by atoms with E-state index in [2.05, 4.69) is 19.2 Å². The quantitative estimate of drug-likeness (QED) is 0.646. The van der Waals surface area contributed by atoms with Crippen molar-refractivity contribution < 1.29 is 9.66 Å².